The Bertz CT molecular complexity index is 1580. The van der Waals surface area contributed by atoms with Crippen LogP contribution in [0.2, 0.25) is 5.02 Å². The van der Waals surface area contributed by atoms with E-state index in [1.807, 2.05) is 48.5 Å². The number of fused-ring (bicyclic) bond motifs is 3. The van der Waals surface area contributed by atoms with Crippen LogP contribution >= 0.6 is 23.4 Å². The third-order valence-corrected chi connectivity index (χ3v) is 7.67. The second-order valence-corrected chi connectivity index (χ2v) is 10.4. The molecule has 2 heterocycles. The van der Waals surface area contributed by atoms with Gasteiger partial charge in [-0.2, -0.15) is 4.99 Å². The summed E-state index contributed by atoms with van der Waals surface area (Å²) in [5.41, 5.74) is 2.63. The number of para-hydroxylation sites is 2. The van der Waals surface area contributed by atoms with Crippen LogP contribution in [0.1, 0.15) is 17.5 Å². The smallest absolute Gasteiger partial charge is 0.271 e. The zero-order valence-electron chi connectivity index (χ0n) is 22.2. The van der Waals surface area contributed by atoms with Crippen LogP contribution in [-0.4, -0.2) is 59.6 Å². The normalized spacial score (nSPS) is 15.3. The quantitative estimate of drug-likeness (QED) is 0.378. The summed E-state index contributed by atoms with van der Waals surface area (Å²) in [6, 6.07) is 18.7. The number of amides is 3. The molecular weight excluding hydrogens is 566 g/mol. The van der Waals surface area contributed by atoms with Crippen molar-refractivity contribution in [2.24, 2.45) is 9.98 Å². The Balaban J connectivity index is 1.30. The van der Waals surface area contributed by atoms with Gasteiger partial charge in [-0.3, -0.25) is 19.3 Å². The van der Waals surface area contributed by atoms with Crippen molar-refractivity contribution in [2.45, 2.75) is 19.0 Å². The predicted molar refractivity (Wildman–Crippen MR) is 159 cm³/mol. The van der Waals surface area contributed by atoms with Crippen molar-refractivity contribution in [2.75, 3.05) is 25.3 Å². The molecule has 210 valence electrons. The van der Waals surface area contributed by atoms with Crippen LogP contribution in [0.5, 0.6) is 11.5 Å². The largest absolute Gasteiger partial charge is 0.496 e. The third kappa shape index (κ3) is 6.21. The summed E-state index contributed by atoms with van der Waals surface area (Å²) in [6.45, 7) is 0.242. The monoisotopic (exact) mass is 591 g/mol. The Labute approximate surface area is 245 Å². The van der Waals surface area contributed by atoms with Gasteiger partial charge in [-0.15, -0.1) is 0 Å². The highest BCUT2D eigenvalue weighted by Gasteiger charge is 2.42. The Hall–Kier alpha value is -4.35. The van der Waals surface area contributed by atoms with Crippen LogP contribution in [0.3, 0.4) is 0 Å². The molecule has 0 aliphatic carbocycles. The maximum atomic E-state index is 13.1. The van der Waals surface area contributed by atoms with Gasteiger partial charge in [0.25, 0.3) is 5.91 Å². The van der Waals surface area contributed by atoms with E-state index in [1.165, 1.54) is 7.11 Å². The fourth-order valence-corrected chi connectivity index (χ4v) is 5.57. The van der Waals surface area contributed by atoms with E-state index in [0.717, 1.165) is 17.3 Å². The summed E-state index contributed by atoms with van der Waals surface area (Å²) >= 11 is 7.32. The Kier molecular flexibility index (Phi) is 8.55. The summed E-state index contributed by atoms with van der Waals surface area (Å²) in [6.07, 6.45) is -0.140. The molecule has 1 unspecified atom stereocenters. The number of rotatable bonds is 9. The maximum absolute atomic E-state index is 13.1. The van der Waals surface area contributed by atoms with Gasteiger partial charge in [0.1, 0.15) is 23.4 Å². The Morgan fingerprint density at radius 3 is 2.51 bits per heavy atom. The minimum Gasteiger partial charge on any atom is -0.496 e. The van der Waals surface area contributed by atoms with Crippen molar-refractivity contribution < 1.29 is 23.9 Å². The van der Waals surface area contributed by atoms with Crippen LogP contribution in [0.15, 0.2) is 76.7 Å². The van der Waals surface area contributed by atoms with E-state index in [0.29, 0.717) is 44.5 Å². The van der Waals surface area contributed by atoms with Crippen LogP contribution in [-0.2, 0) is 20.9 Å². The molecule has 41 heavy (non-hydrogen) atoms. The molecule has 2 aliphatic rings. The fraction of sp³-hybridized carbons (Fsp3) is 0.207. The molecule has 0 radical (unpaired) electrons. The van der Waals surface area contributed by atoms with Crippen molar-refractivity contribution in [3.05, 3.63) is 82.9 Å². The summed E-state index contributed by atoms with van der Waals surface area (Å²) in [4.78, 5) is 49.5. The lowest BCUT2D eigenvalue weighted by Crippen LogP contribution is -2.46. The molecule has 3 amide bonds. The minimum atomic E-state index is -0.897. The van der Waals surface area contributed by atoms with E-state index in [9.17, 15) is 14.4 Å². The number of amidine groups is 2. The predicted octanol–water partition coefficient (Wildman–Crippen LogP) is 4.39. The molecule has 3 aromatic rings. The van der Waals surface area contributed by atoms with Gasteiger partial charge in [-0.25, -0.2) is 4.99 Å². The summed E-state index contributed by atoms with van der Waals surface area (Å²) < 4.78 is 10.5. The van der Waals surface area contributed by atoms with Crippen molar-refractivity contribution in [3.8, 4) is 11.5 Å². The van der Waals surface area contributed by atoms with E-state index in [1.54, 1.807) is 30.2 Å². The van der Waals surface area contributed by atoms with E-state index < -0.39 is 11.9 Å². The minimum absolute atomic E-state index is 0.00463. The average Bonchev–Trinajstić information content (AvgIpc) is 3.30. The highest BCUT2D eigenvalue weighted by molar-refractivity contribution is 8.14. The van der Waals surface area contributed by atoms with Crippen molar-refractivity contribution in [1.29, 1.82) is 0 Å². The number of carbonyl (C=O) groups excluding carboxylic acids is 3. The van der Waals surface area contributed by atoms with E-state index in [4.69, 9.17) is 26.1 Å². The van der Waals surface area contributed by atoms with Gasteiger partial charge in [-0.05, 0) is 36.4 Å². The van der Waals surface area contributed by atoms with Crippen LogP contribution < -0.4 is 20.1 Å². The van der Waals surface area contributed by atoms with Gasteiger partial charge in [0.15, 0.2) is 5.17 Å². The molecule has 12 heteroatoms. The van der Waals surface area contributed by atoms with Crippen molar-refractivity contribution in [1.82, 2.24) is 10.2 Å². The number of hydrogen-bond acceptors (Lipinski definition) is 8. The van der Waals surface area contributed by atoms with Crippen molar-refractivity contribution >= 4 is 63.5 Å². The molecule has 0 spiro atoms. The summed E-state index contributed by atoms with van der Waals surface area (Å²) in [5.74, 6) is 0.482. The lowest BCUT2D eigenvalue weighted by atomic mass is 10.1. The fourth-order valence-electron chi connectivity index (χ4n) is 4.46. The molecule has 3 aromatic carbocycles. The third-order valence-electron chi connectivity index (χ3n) is 6.42. The first kappa shape index (κ1) is 28.2. The second-order valence-electron chi connectivity index (χ2n) is 9.05. The Morgan fingerprint density at radius 1 is 0.976 bits per heavy atom. The van der Waals surface area contributed by atoms with Crippen LogP contribution in [0.4, 0.5) is 11.4 Å². The molecule has 0 saturated carbocycles. The standard InChI is InChI=1S/C29H26ClN5O5S/c1-39-23-10-6-3-7-17(23)15-31-25(36)14-22-28(38)34-27-19-8-4-5-9-21(19)33-29(35(22)27)41-16-26(37)32-18-11-12-24(40-2)20(30)13-18/h3-13,22H,14-16H2,1-2H3,(H,31,36)(H,32,37). The van der Waals surface area contributed by atoms with E-state index in [2.05, 4.69) is 15.6 Å². The van der Waals surface area contributed by atoms with Crippen LogP contribution in [0, 0.1) is 0 Å². The van der Waals surface area contributed by atoms with E-state index >= 15 is 0 Å². The molecule has 0 bridgehead atoms. The topological polar surface area (TPSA) is 122 Å². The van der Waals surface area contributed by atoms with Gasteiger partial charge < -0.3 is 20.1 Å². The second kappa shape index (κ2) is 12.4. The zero-order valence-corrected chi connectivity index (χ0v) is 23.8. The first-order valence-corrected chi connectivity index (χ1v) is 14.0. The SMILES string of the molecule is COc1ccc(NC(=O)CSC2=Nc3ccccc3C3=NC(=O)C(CC(=O)NCc4ccccc4OC)N23)cc1Cl. The van der Waals surface area contributed by atoms with E-state index in [-0.39, 0.29) is 30.5 Å². The van der Waals surface area contributed by atoms with Gasteiger partial charge >= 0.3 is 0 Å². The molecular formula is C29H26ClN5O5S. The average molecular weight is 592 g/mol. The highest BCUT2D eigenvalue weighted by Crippen LogP contribution is 2.35. The number of carbonyl (C=O) groups is 3. The maximum Gasteiger partial charge on any atom is 0.271 e. The molecule has 2 N–H and O–H groups in total. The number of hydrogen-bond donors (Lipinski definition) is 2. The van der Waals surface area contributed by atoms with Gasteiger partial charge in [-0.1, -0.05) is 53.7 Å². The molecule has 0 aromatic heterocycles. The number of benzene rings is 3. The lowest BCUT2D eigenvalue weighted by Gasteiger charge is -2.30. The number of anilines is 1. The number of nitrogens with one attached hydrogen (secondary N) is 2. The van der Waals surface area contributed by atoms with Crippen LogP contribution in [0.25, 0.3) is 0 Å². The lowest BCUT2D eigenvalue weighted by molar-refractivity contribution is -0.126. The first-order chi connectivity index (χ1) is 19.9. The number of halogens is 1. The van der Waals surface area contributed by atoms with Crippen molar-refractivity contribution in [3.63, 3.8) is 0 Å². The zero-order chi connectivity index (χ0) is 28.9. The molecule has 2 aliphatic heterocycles. The molecule has 1 atom stereocenters. The molecule has 10 nitrogen and oxygen atoms in total. The number of methoxy groups -OCH3 is 2. The number of ether oxygens (including phenoxy) is 2. The molecule has 0 fully saturated rings. The molecule has 0 saturated heterocycles. The van der Waals surface area contributed by atoms with Gasteiger partial charge in [0.2, 0.25) is 11.8 Å². The number of thioether (sulfide) groups is 1. The number of aliphatic imine (C=N–C) groups is 2. The Morgan fingerprint density at radius 2 is 1.73 bits per heavy atom. The highest BCUT2D eigenvalue weighted by atomic mass is 35.5. The van der Waals surface area contributed by atoms with Gasteiger partial charge in [0.05, 0.1) is 37.1 Å². The summed E-state index contributed by atoms with van der Waals surface area (Å²) in [5, 5.41) is 6.43. The number of nitrogens with zero attached hydrogens (tertiary/aromatic N) is 3. The first-order valence-electron chi connectivity index (χ1n) is 12.6. The molecule has 5 rings (SSSR count). The summed E-state index contributed by atoms with van der Waals surface area (Å²) in [7, 11) is 3.08. The van der Waals surface area contributed by atoms with Gasteiger partial charge in [0, 0.05) is 23.4 Å².